The van der Waals surface area contributed by atoms with Crippen LogP contribution < -0.4 is 10.2 Å². The predicted octanol–water partition coefficient (Wildman–Crippen LogP) is 3.09. The number of halogens is 1. The lowest BCUT2D eigenvalue weighted by molar-refractivity contribution is 0.372. The molecule has 1 aliphatic rings. The van der Waals surface area contributed by atoms with Crippen LogP contribution in [0.3, 0.4) is 0 Å². The van der Waals surface area contributed by atoms with Crippen molar-refractivity contribution in [2.75, 3.05) is 38.1 Å². The Kier molecular flexibility index (Phi) is 6.77. The van der Waals surface area contributed by atoms with Crippen molar-refractivity contribution in [3.05, 3.63) is 60.4 Å². The van der Waals surface area contributed by atoms with Crippen molar-refractivity contribution in [3.8, 4) is 0 Å². The molecule has 1 aromatic heterocycles. The Labute approximate surface area is 183 Å². The zero-order valence-electron chi connectivity index (χ0n) is 16.4. The molecule has 2 heterocycles. The van der Waals surface area contributed by atoms with Gasteiger partial charge in [0.15, 0.2) is 5.96 Å². The molecule has 0 unspecified atom stereocenters. The van der Waals surface area contributed by atoms with Crippen molar-refractivity contribution in [1.82, 2.24) is 19.8 Å². The lowest BCUT2D eigenvalue weighted by Crippen LogP contribution is -2.52. The summed E-state index contributed by atoms with van der Waals surface area (Å²) in [6, 6.07) is 18.8. The zero-order chi connectivity index (χ0) is 18.6. The van der Waals surface area contributed by atoms with E-state index in [1.807, 2.05) is 19.2 Å². The van der Waals surface area contributed by atoms with Gasteiger partial charge in [0.25, 0.3) is 0 Å². The number of rotatable bonds is 3. The highest BCUT2D eigenvalue weighted by Crippen LogP contribution is 2.16. The van der Waals surface area contributed by atoms with E-state index in [-0.39, 0.29) is 24.0 Å². The van der Waals surface area contributed by atoms with Gasteiger partial charge in [-0.15, -0.1) is 24.0 Å². The maximum Gasteiger partial charge on any atom is 0.194 e. The van der Waals surface area contributed by atoms with E-state index in [0.717, 1.165) is 49.0 Å². The maximum absolute atomic E-state index is 4.73. The summed E-state index contributed by atoms with van der Waals surface area (Å²) in [6.07, 6.45) is 0. The van der Waals surface area contributed by atoms with Crippen molar-refractivity contribution in [2.45, 2.75) is 6.54 Å². The van der Waals surface area contributed by atoms with Gasteiger partial charge in [0.1, 0.15) is 5.82 Å². The lowest BCUT2D eigenvalue weighted by atomic mass is 10.2. The summed E-state index contributed by atoms with van der Waals surface area (Å²) < 4.78 is 2.14. The minimum absolute atomic E-state index is 0. The van der Waals surface area contributed by atoms with E-state index in [2.05, 4.69) is 74.2 Å². The first kappa shape index (κ1) is 20.4. The Morgan fingerprint density at radius 2 is 1.68 bits per heavy atom. The summed E-state index contributed by atoms with van der Waals surface area (Å²) in [5, 5.41) is 3.49. The van der Waals surface area contributed by atoms with Gasteiger partial charge in [-0.25, -0.2) is 4.98 Å². The summed E-state index contributed by atoms with van der Waals surface area (Å²) in [6.45, 7) is 4.57. The fourth-order valence-electron chi connectivity index (χ4n) is 3.66. The summed E-state index contributed by atoms with van der Waals surface area (Å²) >= 11 is 0. The van der Waals surface area contributed by atoms with E-state index in [4.69, 9.17) is 4.98 Å². The molecule has 148 valence electrons. The highest BCUT2D eigenvalue weighted by Gasteiger charge is 2.20. The fourth-order valence-corrected chi connectivity index (χ4v) is 3.66. The summed E-state index contributed by atoms with van der Waals surface area (Å²) in [5.74, 6) is 1.95. The van der Waals surface area contributed by atoms with Crippen LogP contribution >= 0.6 is 24.0 Å². The van der Waals surface area contributed by atoms with E-state index in [9.17, 15) is 0 Å². The minimum Gasteiger partial charge on any atom is -0.368 e. The molecule has 1 aliphatic heterocycles. The number of imidazole rings is 1. The number of guanidine groups is 1. The SMILES string of the molecule is CN=C(NCc1nc2ccccc2n1C)N1CCN(c2ccccc2)CC1.I. The molecule has 7 heteroatoms. The van der Waals surface area contributed by atoms with Gasteiger partial charge < -0.3 is 19.7 Å². The fraction of sp³-hybridized carbons (Fsp3) is 0.333. The molecule has 6 nitrogen and oxygen atoms in total. The zero-order valence-corrected chi connectivity index (χ0v) is 18.7. The number of anilines is 1. The van der Waals surface area contributed by atoms with Gasteiger partial charge in [-0.05, 0) is 24.3 Å². The number of nitrogens with zero attached hydrogens (tertiary/aromatic N) is 5. The molecule has 0 saturated carbocycles. The molecule has 4 rings (SSSR count). The molecule has 28 heavy (non-hydrogen) atoms. The van der Waals surface area contributed by atoms with Gasteiger partial charge >= 0.3 is 0 Å². The number of hydrogen-bond acceptors (Lipinski definition) is 3. The molecular formula is C21H27IN6. The van der Waals surface area contributed by atoms with Crippen LogP contribution in [0.1, 0.15) is 5.82 Å². The number of hydrogen-bond donors (Lipinski definition) is 1. The van der Waals surface area contributed by atoms with E-state index >= 15 is 0 Å². The van der Waals surface area contributed by atoms with Crippen molar-refractivity contribution in [3.63, 3.8) is 0 Å². The Hall–Kier alpha value is -2.29. The quantitative estimate of drug-likeness (QED) is 0.349. The third-order valence-corrected chi connectivity index (χ3v) is 5.20. The third-order valence-electron chi connectivity index (χ3n) is 5.20. The van der Waals surface area contributed by atoms with Gasteiger partial charge in [-0.1, -0.05) is 30.3 Å². The Bertz CT molecular complexity index is 928. The average Bonchev–Trinajstić information content (AvgIpc) is 3.05. The summed E-state index contributed by atoms with van der Waals surface area (Å²) in [5.41, 5.74) is 3.48. The second-order valence-corrected chi connectivity index (χ2v) is 6.79. The van der Waals surface area contributed by atoms with Gasteiger partial charge in [-0.3, -0.25) is 4.99 Å². The topological polar surface area (TPSA) is 48.7 Å². The van der Waals surface area contributed by atoms with Crippen LogP contribution in [0.5, 0.6) is 0 Å². The number of aliphatic imine (C=N–C) groups is 1. The highest BCUT2D eigenvalue weighted by molar-refractivity contribution is 14.0. The summed E-state index contributed by atoms with van der Waals surface area (Å²) in [4.78, 5) is 14.0. The lowest BCUT2D eigenvalue weighted by Gasteiger charge is -2.37. The first-order chi connectivity index (χ1) is 13.3. The molecule has 0 bridgehead atoms. The predicted molar refractivity (Wildman–Crippen MR) is 127 cm³/mol. The van der Waals surface area contributed by atoms with Gasteiger partial charge in [0, 0.05) is 46.0 Å². The second-order valence-electron chi connectivity index (χ2n) is 6.79. The van der Waals surface area contributed by atoms with E-state index in [1.54, 1.807) is 0 Å². The van der Waals surface area contributed by atoms with Crippen molar-refractivity contribution >= 4 is 46.7 Å². The molecule has 1 saturated heterocycles. The number of para-hydroxylation sites is 3. The van der Waals surface area contributed by atoms with Gasteiger partial charge in [0.2, 0.25) is 0 Å². The number of aromatic nitrogens is 2. The normalized spacial score (nSPS) is 14.9. The highest BCUT2D eigenvalue weighted by atomic mass is 127. The standard InChI is InChI=1S/C21H26N6.HI/c1-22-21(23-16-20-24-18-10-6-7-11-19(18)25(20)2)27-14-12-26(13-15-27)17-8-4-3-5-9-17;/h3-11H,12-16H2,1-2H3,(H,22,23);1H. The minimum atomic E-state index is 0. The molecule has 1 fully saturated rings. The van der Waals surface area contributed by atoms with Gasteiger partial charge in [0.05, 0.1) is 17.6 Å². The number of aryl methyl sites for hydroxylation is 1. The monoisotopic (exact) mass is 490 g/mol. The number of nitrogens with one attached hydrogen (secondary N) is 1. The third kappa shape index (κ3) is 4.24. The van der Waals surface area contributed by atoms with E-state index in [1.165, 1.54) is 5.69 Å². The Morgan fingerprint density at radius 3 is 2.36 bits per heavy atom. The molecular weight excluding hydrogens is 463 g/mol. The van der Waals surface area contributed by atoms with Crippen molar-refractivity contribution < 1.29 is 0 Å². The molecule has 0 amide bonds. The first-order valence-corrected chi connectivity index (χ1v) is 9.42. The molecule has 2 aromatic carbocycles. The van der Waals surface area contributed by atoms with Crippen molar-refractivity contribution in [2.24, 2.45) is 12.0 Å². The largest absolute Gasteiger partial charge is 0.368 e. The average molecular weight is 490 g/mol. The number of benzene rings is 2. The van der Waals surface area contributed by atoms with Crippen LogP contribution in [0, 0.1) is 0 Å². The van der Waals surface area contributed by atoms with Crippen LogP contribution in [0.15, 0.2) is 59.6 Å². The van der Waals surface area contributed by atoms with Crippen molar-refractivity contribution in [1.29, 1.82) is 0 Å². The van der Waals surface area contributed by atoms with Crippen LogP contribution in [-0.2, 0) is 13.6 Å². The maximum atomic E-state index is 4.73. The van der Waals surface area contributed by atoms with E-state index < -0.39 is 0 Å². The number of piperazine rings is 1. The molecule has 1 N–H and O–H groups in total. The summed E-state index contributed by atoms with van der Waals surface area (Å²) in [7, 11) is 3.91. The first-order valence-electron chi connectivity index (χ1n) is 9.42. The molecule has 0 aliphatic carbocycles. The molecule has 0 atom stereocenters. The van der Waals surface area contributed by atoms with Gasteiger partial charge in [-0.2, -0.15) is 0 Å². The smallest absolute Gasteiger partial charge is 0.194 e. The molecule has 3 aromatic rings. The van der Waals surface area contributed by atoms with Crippen LogP contribution in [0.2, 0.25) is 0 Å². The van der Waals surface area contributed by atoms with E-state index in [0.29, 0.717) is 6.54 Å². The van der Waals surface area contributed by atoms with Crippen LogP contribution in [0.4, 0.5) is 5.69 Å². The Balaban J connectivity index is 0.00000225. The number of fused-ring (bicyclic) bond motifs is 1. The van der Waals surface area contributed by atoms with Crippen LogP contribution in [0.25, 0.3) is 11.0 Å². The molecule has 0 spiro atoms. The molecule has 0 radical (unpaired) electrons. The second kappa shape index (κ2) is 9.27. The Morgan fingerprint density at radius 1 is 1.00 bits per heavy atom. The van der Waals surface area contributed by atoms with Crippen LogP contribution in [-0.4, -0.2) is 53.6 Å².